The molecule has 1 fully saturated rings. The van der Waals surface area contributed by atoms with Crippen LogP contribution in [0.25, 0.3) is 0 Å². The summed E-state index contributed by atoms with van der Waals surface area (Å²) in [5.74, 6) is 0.892. The molecule has 16 heavy (non-hydrogen) atoms. The molecule has 0 radical (unpaired) electrons. The molecule has 0 amide bonds. The average Bonchev–Trinajstić information content (AvgIpc) is 2.30. The molecule has 0 aliphatic carbocycles. The Hall–Kier alpha value is -0.870. The summed E-state index contributed by atoms with van der Waals surface area (Å²) < 4.78 is 0. The molecule has 1 aliphatic rings. The largest absolute Gasteiger partial charge is 0.353 e. The van der Waals surface area contributed by atoms with E-state index >= 15 is 0 Å². The van der Waals surface area contributed by atoms with Crippen molar-refractivity contribution in [1.82, 2.24) is 14.9 Å². The molecule has 0 saturated carbocycles. The SMILES string of the molecule is CCCN1CCN(c2cncc(Cl)n2)CC1. The summed E-state index contributed by atoms with van der Waals surface area (Å²) in [4.78, 5) is 13.1. The zero-order valence-corrected chi connectivity index (χ0v) is 10.3. The molecule has 1 saturated heterocycles. The van der Waals surface area contributed by atoms with Crippen molar-refractivity contribution in [3.05, 3.63) is 17.5 Å². The lowest BCUT2D eigenvalue weighted by Gasteiger charge is -2.35. The Morgan fingerprint density at radius 3 is 2.62 bits per heavy atom. The summed E-state index contributed by atoms with van der Waals surface area (Å²) in [5.41, 5.74) is 0. The van der Waals surface area contributed by atoms with Gasteiger partial charge in [0.1, 0.15) is 11.0 Å². The van der Waals surface area contributed by atoms with Crippen LogP contribution in [0, 0.1) is 0 Å². The Morgan fingerprint density at radius 2 is 2.00 bits per heavy atom. The van der Waals surface area contributed by atoms with Crippen molar-refractivity contribution in [2.24, 2.45) is 0 Å². The maximum absolute atomic E-state index is 5.83. The molecular weight excluding hydrogens is 224 g/mol. The van der Waals surface area contributed by atoms with Gasteiger partial charge in [0, 0.05) is 26.2 Å². The standard InChI is InChI=1S/C11H17ClN4/c1-2-3-15-4-6-16(7-5-15)11-9-13-8-10(12)14-11/h8-9H,2-7H2,1H3. The van der Waals surface area contributed by atoms with E-state index in [0.717, 1.165) is 32.0 Å². The van der Waals surface area contributed by atoms with Gasteiger partial charge in [-0.2, -0.15) is 0 Å². The summed E-state index contributed by atoms with van der Waals surface area (Å²) in [7, 11) is 0. The molecule has 0 aromatic carbocycles. The highest BCUT2D eigenvalue weighted by Gasteiger charge is 2.17. The van der Waals surface area contributed by atoms with Crippen molar-refractivity contribution in [3.63, 3.8) is 0 Å². The van der Waals surface area contributed by atoms with E-state index in [1.165, 1.54) is 13.0 Å². The van der Waals surface area contributed by atoms with Crippen LogP contribution in [0.3, 0.4) is 0 Å². The number of rotatable bonds is 3. The number of piperazine rings is 1. The van der Waals surface area contributed by atoms with E-state index in [2.05, 4.69) is 26.7 Å². The summed E-state index contributed by atoms with van der Waals surface area (Å²) in [6.45, 7) is 7.62. The van der Waals surface area contributed by atoms with Crippen molar-refractivity contribution in [1.29, 1.82) is 0 Å². The number of hydrogen-bond donors (Lipinski definition) is 0. The number of nitrogens with zero attached hydrogens (tertiary/aromatic N) is 4. The fraction of sp³-hybridized carbons (Fsp3) is 0.636. The Kier molecular flexibility index (Phi) is 3.96. The minimum atomic E-state index is 0.466. The monoisotopic (exact) mass is 240 g/mol. The highest BCUT2D eigenvalue weighted by molar-refractivity contribution is 6.29. The van der Waals surface area contributed by atoms with E-state index in [9.17, 15) is 0 Å². The van der Waals surface area contributed by atoms with Gasteiger partial charge >= 0.3 is 0 Å². The second-order valence-electron chi connectivity index (χ2n) is 4.03. The van der Waals surface area contributed by atoms with Crippen LogP contribution >= 0.6 is 11.6 Å². The molecule has 88 valence electrons. The summed E-state index contributed by atoms with van der Waals surface area (Å²) in [6, 6.07) is 0. The van der Waals surface area contributed by atoms with Gasteiger partial charge in [0.2, 0.25) is 0 Å². The van der Waals surface area contributed by atoms with Gasteiger partial charge < -0.3 is 4.90 Å². The lowest BCUT2D eigenvalue weighted by Crippen LogP contribution is -2.46. The molecule has 1 aromatic rings. The van der Waals surface area contributed by atoms with Crippen LogP contribution in [0.4, 0.5) is 5.82 Å². The van der Waals surface area contributed by atoms with Crippen molar-refractivity contribution in [3.8, 4) is 0 Å². The van der Waals surface area contributed by atoms with Crippen LogP contribution in [0.1, 0.15) is 13.3 Å². The van der Waals surface area contributed by atoms with Gasteiger partial charge in [0.15, 0.2) is 0 Å². The third-order valence-corrected chi connectivity index (χ3v) is 3.01. The maximum atomic E-state index is 5.83. The Balaban J connectivity index is 1.94. The van der Waals surface area contributed by atoms with Gasteiger partial charge in [0.25, 0.3) is 0 Å². The van der Waals surface area contributed by atoms with E-state index in [-0.39, 0.29) is 0 Å². The fourth-order valence-electron chi connectivity index (χ4n) is 2.00. The molecule has 1 aliphatic heterocycles. The first kappa shape index (κ1) is 11.6. The molecule has 4 nitrogen and oxygen atoms in total. The molecule has 0 bridgehead atoms. The first-order valence-corrected chi connectivity index (χ1v) is 6.12. The van der Waals surface area contributed by atoms with Gasteiger partial charge in [-0.25, -0.2) is 4.98 Å². The third kappa shape index (κ3) is 2.83. The molecule has 0 unspecified atom stereocenters. The second kappa shape index (κ2) is 5.46. The maximum Gasteiger partial charge on any atom is 0.149 e. The zero-order valence-electron chi connectivity index (χ0n) is 9.56. The highest BCUT2D eigenvalue weighted by Crippen LogP contribution is 2.14. The van der Waals surface area contributed by atoms with Crippen LogP contribution in [-0.2, 0) is 0 Å². The van der Waals surface area contributed by atoms with E-state index in [4.69, 9.17) is 11.6 Å². The third-order valence-electron chi connectivity index (χ3n) is 2.83. The van der Waals surface area contributed by atoms with Crippen molar-refractivity contribution in [2.75, 3.05) is 37.6 Å². The Labute approximate surface area is 101 Å². The number of halogens is 1. The van der Waals surface area contributed by atoms with Gasteiger partial charge in [-0.3, -0.25) is 9.88 Å². The molecule has 0 N–H and O–H groups in total. The molecular formula is C11H17ClN4. The van der Waals surface area contributed by atoms with Crippen LogP contribution in [0.2, 0.25) is 5.15 Å². The lowest BCUT2D eigenvalue weighted by atomic mass is 10.3. The summed E-state index contributed by atoms with van der Waals surface area (Å²) in [6.07, 6.45) is 4.57. The minimum Gasteiger partial charge on any atom is -0.353 e. The minimum absolute atomic E-state index is 0.466. The number of hydrogen-bond acceptors (Lipinski definition) is 4. The predicted octanol–water partition coefficient (Wildman–Crippen LogP) is 1.66. The van der Waals surface area contributed by atoms with E-state index in [1.807, 2.05) is 0 Å². The van der Waals surface area contributed by atoms with Gasteiger partial charge in [-0.15, -0.1) is 0 Å². The summed E-state index contributed by atoms with van der Waals surface area (Å²) in [5, 5.41) is 0.466. The lowest BCUT2D eigenvalue weighted by molar-refractivity contribution is 0.258. The first-order chi connectivity index (χ1) is 7.79. The van der Waals surface area contributed by atoms with Gasteiger partial charge in [-0.05, 0) is 13.0 Å². The van der Waals surface area contributed by atoms with Crippen LogP contribution < -0.4 is 4.90 Å². The van der Waals surface area contributed by atoms with Crippen molar-refractivity contribution >= 4 is 17.4 Å². The molecule has 2 heterocycles. The van der Waals surface area contributed by atoms with E-state index in [0.29, 0.717) is 5.15 Å². The van der Waals surface area contributed by atoms with Crippen molar-refractivity contribution in [2.45, 2.75) is 13.3 Å². The normalized spacial score (nSPS) is 17.8. The molecule has 1 aromatic heterocycles. The topological polar surface area (TPSA) is 32.3 Å². The number of anilines is 1. The molecule has 0 spiro atoms. The van der Waals surface area contributed by atoms with Crippen LogP contribution in [0.5, 0.6) is 0 Å². The van der Waals surface area contributed by atoms with Gasteiger partial charge in [-0.1, -0.05) is 18.5 Å². The van der Waals surface area contributed by atoms with Crippen LogP contribution in [-0.4, -0.2) is 47.6 Å². The predicted molar refractivity (Wildman–Crippen MR) is 66.0 cm³/mol. The average molecular weight is 241 g/mol. The summed E-state index contributed by atoms with van der Waals surface area (Å²) >= 11 is 5.83. The second-order valence-corrected chi connectivity index (χ2v) is 4.42. The Morgan fingerprint density at radius 1 is 1.25 bits per heavy atom. The Bertz CT molecular complexity index is 337. The quantitative estimate of drug-likeness (QED) is 0.805. The van der Waals surface area contributed by atoms with Crippen molar-refractivity contribution < 1.29 is 0 Å². The van der Waals surface area contributed by atoms with E-state index < -0.39 is 0 Å². The van der Waals surface area contributed by atoms with Crippen LogP contribution in [0.15, 0.2) is 12.4 Å². The zero-order chi connectivity index (χ0) is 11.4. The number of aromatic nitrogens is 2. The van der Waals surface area contributed by atoms with Gasteiger partial charge in [0.05, 0.1) is 12.4 Å². The highest BCUT2D eigenvalue weighted by atomic mass is 35.5. The van der Waals surface area contributed by atoms with E-state index in [1.54, 1.807) is 12.4 Å². The molecule has 2 rings (SSSR count). The molecule has 0 atom stereocenters. The first-order valence-electron chi connectivity index (χ1n) is 5.74. The molecule has 5 heteroatoms. The fourth-order valence-corrected chi connectivity index (χ4v) is 2.14. The smallest absolute Gasteiger partial charge is 0.149 e.